The largest absolute Gasteiger partial charge is 0.339 e. The van der Waals surface area contributed by atoms with Gasteiger partial charge < -0.3 is 9.84 Å². The summed E-state index contributed by atoms with van der Waals surface area (Å²) in [7, 11) is 0. The van der Waals surface area contributed by atoms with Gasteiger partial charge in [0.15, 0.2) is 5.82 Å². The number of nitrogens with zero attached hydrogens (tertiary/aromatic N) is 2. The fourth-order valence-corrected chi connectivity index (χ4v) is 1.91. The average Bonchev–Trinajstić information content (AvgIpc) is 2.91. The van der Waals surface area contributed by atoms with Gasteiger partial charge in [0.25, 0.3) is 0 Å². The van der Waals surface area contributed by atoms with Gasteiger partial charge in [-0.1, -0.05) is 25.9 Å². The first-order valence-corrected chi connectivity index (χ1v) is 6.74. The van der Waals surface area contributed by atoms with Crippen molar-refractivity contribution in [2.45, 2.75) is 64.3 Å². The zero-order valence-corrected chi connectivity index (χ0v) is 11.1. The van der Waals surface area contributed by atoms with Crippen molar-refractivity contribution in [1.82, 2.24) is 15.5 Å². The minimum Gasteiger partial charge on any atom is -0.339 e. The van der Waals surface area contributed by atoms with Crippen molar-refractivity contribution in [2.24, 2.45) is 0 Å². The Morgan fingerprint density at radius 2 is 2.18 bits per heavy atom. The molecule has 4 heteroatoms. The average molecular weight is 237 g/mol. The second-order valence-electron chi connectivity index (χ2n) is 5.34. The third-order valence-corrected chi connectivity index (χ3v) is 3.60. The van der Waals surface area contributed by atoms with Crippen LogP contribution < -0.4 is 5.32 Å². The summed E-state index contributed by atoms with van der Waals surface area (Å²) in [5, 5.41) is 7.61. The van der Waals surface area contributed by atoms with Crippen LogP contribution in [0.1, 0.15) is 58.2 Å². The molecule has 1 unspecified atom stereocenters. The van der Waals surface area contributed by atoms with Crippen LogP contribution in [0.2, 0.25) is 0 Å². The second-order valence-corrected chi connectivity index (χ2v) is 5.34. The number of rotatable bonds is 7. The molecule has 1 atom stereocenters. The van der Waals surface area contributed by atoms with Crippen molar-refractivity contribution in [3.05, 3.63) is 11.7 Å². The minimum absolute atomic E-state index is 0.209. The van der Waals surface area contributed by atoms with Gasteiger partial charge in [-0.3, -0.25) is 0 Å². The molecule has 4 nitrogen and oxygen atoms in total. The Bertz CT molecular complexity index is 357. The van der Waals surface area contributed by atoms with Crippen LogP contribution in [0, 0.1) is 0 Å². The summed E-state index contributed by atoms with van der Waals surface area (Å²) < 4.78 is 5.34. The standard InChI is InChI=1S/C13H23N3O/c1-4-8-14-10(5-2)9-11-15-12(16-17-11)13(3)6-7-13/h10,14H,4-9H2,1-3H3. The highest BCUT2D eigenvalue weighted by atomic mass is 16.5. The Labute approximate surface area is 103 Å². The summed E-state index contributed by atoms with van der Waals surface area (Å²) in [6, 6.07) is 0.454. The summed E-state index contributed by atoms with van der Waals surface area (Å²) in [5.41, 5.74) is 0.209. The monoisotopic (exact) mass is 237 g/mol. The predicted octanol–water partition coefficient (Wildman–Crippen LogP) is 2.44. The fourth-order valence-electron chi connectivity index (χ4n) is 1.91. The van der Waals surface area contributed by atoms with Gasteiger partial charge in [0.05, 0.1) is 0 Å². The maximum Gasteiger partial charge on any atom is 0.228 e. The van der Waals surface area contributed by atoms with Gasteiger partial charge in [0, 0.05) is 17.9 Å². The first-order chi connectivity index (χ1) is 8.18. The Hall–Kier alpha value is -0.900. The Morgan fingerprint density at radius 1 is 1.41 bits per heavy atom. The first-order valence-electron chi connectivity index (χ1n) is 6.74. The molecule has 0 bridgehead atoms. The predicted molar refractivity (Wildman–Crippen MR) is 67.0 cm³/mol. The molecule has 0 amide bonds. The van der Waals surface area contributed by atoms with Gasteiger partial charge in [-0.15, -0.1) is 0 Å². The molecule has 0 saturated heterocycles. The summed E-state index contributed by atoms with van der Waals surface area (Å²) in [6.07, 6.45) is 5.48. The Balaban J connectivity index is 1.91. The normalized spacial score (nSPS) is 19.2. The number of nitrogens with one attached hydrogen (secondary N) is 1. The second kappa shape index (κ2) is 5.17. The quantitative estimate of drug-likeness (QED) is 0.791. The van der Waals surface area contributed by atoms with Crippen molar-refractivity contribution in [2.75, 3.05) is 6.54 Å². The number of hydrogen-bond acceptors (Lipinski definition) is 4. The third-order valence-electron chi connectivity index (χ3n) is 3.60. The van der Waals surface area contributed by atoms with Crippen LogP contribution in [0.5, 0.6) is 0 Å². The van der Waals surface area contributed by atoms with Crippen LogP contribution in [0.4, 0.5) is 0 Å². The fraction of sp³-hybridized carbons (Fsp3) is 0.846. The van der Waals surface area contributed by atoms with E-state index in [2.05, 4.69) is 36.2 Å². The lowest BCUT2D eigenvalue weighted by molar-refractivity contribution is 0.348. The van der Waals surface area contributed by atoms with E-state index in [1.54, 1.807) is 0 Å². The van der Waals surface area contributed by atoms with E-state index in [0.29, 0.717) is 6.04 Å². The van der Waals surface area contributed by atoms with Gasteiger partial charge in [-0.05, 0) is 32.2 Å². The van der Waals surface area contributed by atoms with Crippen LogP contribution in [0.3, 0.4) is 0 Å². The molecule has 1 heterocycles. The molecule has 0 aromatic carbocycles. The van der Waals surface area contributed by atoms with Crippen LogP contribution >= 0.6 is 0 Å². The molecule has 1 fully saturated rings. The molecule has 1 N–H and O–H groups in total. The lowest BCUT2D eigenvalue weighted by Gasteiger charge is -2.13. The van der Waals surface area contributed by atoms with E-state index < -0.39 is 0 Å². The summed E-state index contributed by atoms with van der Waals surface area (Å²) in [5.74, 6) is 1.68. The number of hydrogen-bond donors (Lipinski definition) is 1. The van der Waals surface area contributed by atoms with E-state index in [-0.39, 0.29) is 5.41 Å². The Kier molecular flexibility index (Phi) is 3.82. The maximum atomic E-state index is 5.34. The summed E-state index contributed by atoms with van der Waals surface area (Å²) in [4.78, 5) is 4.52. The van der Waals surface area contributed by atoms with Gasteiger partial charge in [-0.25, -0.2) is 0 Å². The highest BCUT2D eigenvalue weighted by molar-refractivity contribution is 5.14. The zero-order valence-electron chi connectivity index (χ0n) is 11.1. The molecule has 1 aromatic heterocycles. The molecule has 17 heavy (non-hydrogen) atoms. The van der Waals surface area contributed by atoms with E-state index in [0.717, 1.165) is 37.5 Å². The van der Waals surface area contributed by atoms with E-state index in [1.165, 1.54) is 12.8 Å². The summed E-state index contributed by atoms with van der Waals surface area (Å²) >= 11 is 0. The van der Waals surface area contributed by atoms with Crippen molar-refractivity contribution in [3.8, 4) is 0 Å². The highest BCUT2D eigenvalue weighted by Gasteiger charge is 2.43. The molecular formula is C13H23N3O. The smallest absolute Gasteiger partial charge is 0.228 e. The molecule has 1 aliphatic rings. The van der Waals surface area contributed by atoms with E-state index >= 15 is 0 Å². The topological polar surface area (TPSA) is 51.0 Å². The van der Waals surface area contributed by atoms with Gasteiger partial charge in [-0.2, -0.15) is 4.98 Å². The SMILES string of the molecule is CCCNC(CC)Cc1nc(C2(C)CC2)no1. The van der Waals surface area contributed by atoms with Crippen molar-refractivity contribution in [3.63, 3.8) is 0 Å². The van der Waals surface area contributed by atoms with E-state index in [9.17, 15) is 0 Å². The molecule has 2 rings (SSSR count). The van der Waals surface area contributed by atoms with Crippen molar-refractivity contribution < 1.29 is 4.52 Å². The van der Waals surface area contributed by atoms with Crippen molar-refractivity contribution in [1.29, 1.82) is 0 Å². The molecule has 1 saturated carbocycles. The minimum atomic E-state index is 0.209. The van der Waals surface area contributed by atoms with Crippen LogP contribution in [-0.2, 0) is 11.8 Å². The maximum absolute atomic E-state index is 5.34. The molecule has 96 valence electrons. The zero-order chi connectivity index (χ0) is 12.3. The van der Waals surface area contributed by atoms with Crippen LogP contribution in [0.25, 0.3) is 0 Å². The molecule has 0 aliphatic heterocycles. The molecule has 0 radical (unpaired) electrons. The molecule has 0 spiro atoms. The molecular weight excluding hydrogens is 214 g/mol. The lowest BCUT2D eigenvalue weighted by atomic mass is 10.1. The molecule has 1 aromatic rings. The molecule has 1 aliphatic carbocycles. The van der Waals surface area contributed by atoms with Crippen LogP contribution in [-0.4, -0.2) is 22.7 Å². The lowest BCUT2D eigenvalue weighted by Crippen LogP contribution is -2.31. The first kappa shape index (κ1) is 12.6. The van der Waals surface area contributed by atoms with Gasteiger partial charge in [0.1, 0.15) is 0 Å². The van der Waals surface area contributed by atoms with Gasteiger partial charge in [0.2, 0.25) is 5.89 Å². The number of aromatic nitrogens is 2. The highest BCUT2D eigenvalue weighted by Crippen LogP contribution is 2.45. The third kappa shape index (κ3) is 3.06. The Morgan fingerprint density at radius 3 is 2.76 bits per heavy atom. The van der Waals surface area contributed by atoms with Crippen LogP contribution in [0.15, 0.2) is 4.52 Å². The van der Waals surface area contributed by atoms with Crippen molar-refractivity contribution >= 4 is 0 Å². The van der Waals surface area contributed by atoms with E-state index in [4.69, 9.17) is 4.52 Å². The van der Waals surface area contributed by atoms with Gasteiger partial charge >= 0.3 is 0 Å². The summed E-state index contributed by atoms with van der Waals surface area (Å²) in [6.45, 7) is 7.62. The van der Waals surface area contributed by atoms with E-state index in [1.807, 2.05) is 0 Å².